The zero-order valence-corrected chi connectivity index (χ0v) is 10.4. The van der Waals surface area contributed by atoms with Crippen molar-refractivity contribution < 1.29 is 4.79 Å². The van der Waals surface area contributed by atoms with Crippen LogP contribution < -0.4 is 5.73 Å². The summed E-state index contributed by atoms with van der Waals surface area (Å²) in [6.45, 7) is 4.89. The second-order valence-electron chi connectivity index (χ2n) is 3.35. The van der Waals surface area contributed by atoms with Crippen LogP contribution in [0.1, 0.15) is 18.7 Å². The molecule has 0 fully saturated rings. The van der Waals surface area contributed by atoms with E-state index in [1.807, 2.05) is 19.1 Å². The molecule has 1 amide bonds. The molecule has 0 aliphatic rings. The first kappa shape index (κ1) is 12.5. The van der Waals surface area contributed by atoms with E-state index in [1.165, 1.54) is 11.3 Å². The lowest BCUT2D eigenvalue weighted by atomic mass is 10.3. The van der Waals surface area contributed by atoms with Crippen LogP contribution in [0.3, 0.4) is 0 Å². The van der Waals surface area contributed by atoms with Crippen molar-refractivity contribution in [3.63, 3.8) is 0 Å². The largest absolute Gasteiger partial charge is 0.336 e. The molecule has 0 saturated carbocycles. The molecule has 0 radical (unpaired) electrons. The Morgan fingerprint density at radius 1 is 1.67 bits per heavy atom. The number of nitrogens with two attached hydrogens (primary N) is 1. The minimum atomic E-state index is -0.444. The monoisotopic (exact) mass is 246 g/mol. The van der Waals surface area contributed by atoms with Crippen LogP contribution in [0, 0.1) is 0 Å². The second-order valence-corrected chi connectivity index (χ2v) is 5.15. The maximum absolute atomic E-state index is 11.7. The second kappa shape index (κ2) is 5.49. The molecule has 1 heterocycles. The third-order valence-electron chi connectivity index (χ3n) is 2.06. The minimum Gasteiger partial charge on any atom is -0.336 e. The van der Waals surface area contributed by atoms with E-state index >= 15 is 0 Å². The Labute approximate surface area is 98.8 Å². The van der Waals surface area contributed by atoms with Crippen molar-refractivity contribution in [1.29, 1.82) is 0 Å². The zero-order valence-electron chi connectivity index (χ0n) is 8.87. The highest BCUT2D eigenvalue weighted by Gasteiger charge is 2.16. The molecule has 3 nitrogen and oxygen atoms in total. The summed E-state index contributed by atoms with van der Waals surface area (Å²) in [4.78, 5) is 14.5. The smallest absolute Gasteiger partial charge is 0.239 e. The van der Waals surface area contributed by atoms with Gasteiger partial charge < -0.3 is 10.6 Å². The zero-order chi connectivity index (χ0) is 11.4. The first-order chi connectivity index (χ1) is 7.04. The summed E-state index contributed by atoms with van der Waals surface area (Å²) in [7, 11) is 0. The van der Waals surface area contributed by atoms with Crippen LogP contribution in [0.5, 0.6) is 0 Å². The van der Waals surface area contributed by atoms with E-state index in [0.29, 0.717) is 13.1 Å². The maximum atomic E-state index is 11.7. The molecule has 1 aromatic rings. The van der Waals surface area contributed by atoms with Crippen LogP contribution in [0.4, 0.5) is 0 Å². The van der Waals surface area contributed by atoms with Crippen molar-refractivity contribution >= 4 is 28.8 Å². The van der Waals surface area contributed by atoms with Crippen LogP contribution in [0.15, 0.2) is 12.1 Å². The lowest BCUT2D eigenvalue weighted by molar-refractivity contribution is -0.132. The minimum absolute atomic E-state index is 0.0259. The number of hydrogen-bond donors (Lipinski definition) is 1. The summed E-state index contributed by atoms with van der Waals surface area (Å²) in [5.41, 5.74) is 5.56. The Morgan fingerprint density at radius 2 is 2.33 bits per heavy atom. The predicted molar refractivity (Wildman–Crippen MR) is 64.1 cm³/mol. The van der Waals surface area contributed by atoms with Gasteiger partial charge in [-0.2, -0.15) is 0 Å². The van der Waals surface area contributed by atoms with Crippen LogP contribution in [-0.2, 0) is 11.3 Å². The summed E-state index contributed by atoms with van der Waals surface area (Å²) in [5.74, 6) is -0.0259. The van der Waals surface area contributed by atoms with Gasteiger partial charge in [-0.1, -0.05) is 11.6 Å². The van der Waals surface area contributed by atoms with Crippen molar-refractivity contribution in [3.8, 4) is 0 Å². The molecule has 5 heteroatoms. The number of hydrogen-bond acceptors (Lipinski definition) is 3. The van der Waals surface area contributed by atoms with Crippen LogP contribution in [0.25, 0.3) is 0 Å². The van der Waals surface area contributed by atoms with Crippen LogP contribution >= 0.6 is 22.9 Å². The average Bonchev–Trinajstić information content (AvgIpc) is 2.59. The molecular weight excluding hydrogens is 232 g/mol. The average molecular weight is 247 g/mol. The first-order valence-corrected chi connectivity index (χ1v) is 6.02. The number of amides is 1. The normalized spacial score (nSPS) is 12.5. The molecule has 84 valence electrons. The number of rotatable bonds is 4. The van der Waals surface area contributed by atoms with E-state index in [-0.39, 0.29) is 5.91 Å². The Hall–Kier alpha value is -0.580. The van der Waals surface area contributed by atoms with Gasteiger partial charge in [-0.05, 0) is 26.0 Å². The fourth-order valence-electron chi connectivity index (χ4n) is 1.26. The number of carbonyl (C=O) groups is 1. The highest BCUT2D eigenvalue weighted by atomic mass is 35.5. The highest BCUT2D eigenvalue weighted by Crippen LogP contribution is 2.22. The molecule has 0 saturated heterocycles. The Morgan fingerprint density at radius 3 is 2.73 bits per heavy atom. The van der Waals surface area contributed by atoms with Gasteiger partial charge in [0.15, 0.2) is 0 Å². The number of likely N-dealkylation sites (N-methyl/N-ethyl adjacent to an activating group) is 1. The van der Waals surface area contributed by atoms with Gasteiger partial charge in [0.25, 0.3) is 0 Å². The molecule has 0 unspecified atom stereocenters. The molecule has 0 aromatic carbocycles. The molecule has 2 N–H and O–H groups in total. The molecule has 0 spiro atoms. The van der Waals surface area contributed by atoms with Gasteiger partial charge >= 0.3 is 0 Å². The summed E-state index contributed by atoms with van der Waals surface area (Å²) in [5, 5.41) is 0. The van der Waals surface area contributed by atoms with E-state index < -0.39 is 6.04 Å². The molecule has 1 atom stereocenters. The molecule has 15 heavy (non-hydrogen) atoms. The number of nitrogens with zero attached hydrogens (tertiary/aromatic N) is 1. The van der Waals surface area contributed by atoms with Gasteiger partial charge in [-0.3, -0.25) is 4.79 Å². The highest BCUT2D eigenvalue weighted by molar-refractivity contribution is 7.16. The summed E-state index contributed by atoms with van der Waals surface area (Å²) >= 11 is 7.31. The summed E-state index contributed by atoms with van der Waals surface area (Å²) in [6, 6.07) is 3.33. The summed E-state index contributed by atoms with van der Waals surface area (Å²) in [6.07, 6.45) is 0. The van der Waals surface area contributed by atoms with Gasteiger partial charge in [-0.25, -0.2) is 0 Å². The van der Waals surface area contributed by atoms with Crippen molar-refractivity contribution in [2.24, 2.45) is 5.73 Å². The van der Waals surface area contributed by atoms with E-state index in [0.717, 1.165) is 9.21 Å². The van der Waals surface area contributed by atoms with E-state index in [1.54, 1.807) is 11.8 Å². The van der Waals surface area contributed by atoms with Crippen molar-refractivity contribution in [3.05, 3.63) is 21.3 Å². The number of thiophene rings is 1. The molecule has 1 rings (SSSR count). The van der Waals surface area contributed by atoms with Crippen LogP contribution in [0.2, 0.25) is 4.34 Å². The lowest BCUT2D eigenvalue weighted by Gasteiger charge is -2.21. The van der Waals surface area contributed by atoms with Crippen molar-refractivity contribution in [1.82, 2.24) is 4.90 Å². The van der Waals surface area contributed by atoms with Gasteiger partial charge in [-0.15, -0.1) is 11.3 Å². The van der Waals surface area contributed by atoms with Crippen molar-refractivity contribution in [2.45, 2.75) is 26.4 Å². The number of carbonyl (C=O) groups excluding carboxylic acids is 1. The third-order valence-corrected chi connectivity index (χ3v) is 3.27. The first-order valence-electron chi connectivity index (χ1n) is 4.83. The summed E-state index contributed by atoms with van der Waals surface area (Å²) < 4.78 is 0.745. The molecular formula is C10H15ClN2OS. The SMILES string of the molecule is CCN(Cc1ccc(Cl)s1)C(=O)[C@H](C)N. The Balaban J connectivity index is 2.65. The van der Waals surface area contributed by atoms with E-state index in [4.69, 9.17) is 17.3 Å². The lowest BCUT2D eigenvalue weighted by Crippen LogP contribution is -2.41. The fourth-order valence-corrected chi connectivity index (χ4v) is 2.36. The van der Waals surface area contributed by atoms with Crippen molar-refractivity contribution in [2.75, 3.05) is 6.54 Å². The standard InChI is InChI=1S/C10H15ClN2OS/c1-3-13(10(14)7(2)12)6-8-4-5-9(11)15-8/h4-5,7H,3,6,12H2,1-2H3/t7-/m0/s1. The third kappa shape index (κ3) is 3.48. The predicted octanol–water partition coefficient (Wildman–Crippen LogP) is 2.10. The fraction of sp³-hybridized carbons (Fsp3) is 0.500. The molecule has 0 aliphatic heterocycles. The van der Waals surface area contributed by atoms with Gasteiger partial charge in [0.2, 0.25) is 5.91 Å². The molecule has 1 aromatic heterocycles. The maximum Gasteiger partial charge on any atom is 0.239 e. The Kier molecular flexibility index (Phi) is 4.57. The van der Waals surface area contributed by atoms with Gasteiger partial charge in [0.1, 0.15) is 0 Å². The van der Waals surface area contributed by atoms with Gasteiger partial charge in [0.05, 0.1) is 16.9 Å². The van der Waals surface area contributed by atoms with Gasteiger partial charge in [0, 0.05) is 11.4 Å². The quantitative estimate of drug-likeness (QED) is 0.885. The van der Waals surface area contributed by atoms with E-state index in [9.17, 15) is 4.79 Å². The van der Waals surface area contributed by atoms with Crippen LogP contribution in [-0.4, -0.2) is 23.4 Å². The van der Waals surface area contributed by atoms with E-state index in [2.05, 4.69) is 0 Å². The Bertz CT molecular complexity index is 338. The molecule has 0 aliphatic carbocycles. The molecule has 0 bridgehead atoms. The topological polar surface area (TPSA) is 46.3 Å². The number of halogens is 1.